The van der Waals surface area contributed by atoms with Gasteiger partial charge in [-0.15, -0.1) is 0 Å². The van der Waals surface area contributed by atoms with Gasteiger partial charge in [-0.05, 0) is 54.1 Å². The number of aromatic carboxylic acids is 1. The number of nitrogen functional groups attached to an aromatic ring is 1. The van der Waals surface area contributed by atoms with Gasteiger partial charge in [0.05, 0.1) is 17.8 Å². The number of carboxylic acids is 2. The van der Waals surface area contributed by atoms with Crippen LogP contribution in [-0.2, 0) is 11.2 Å². The number of benzene rings is 3. The Bertz CT molecular complexity index is 1220. The number of aliphatic carboxylic acids is 1. The van der Waals surface area contributed by atoms with Gasteiger partial charge in [0.2, 0.25) is 0 Å². The highest BCUT2D eigenvalue weighted by Gasteiger charge is 2.19. The molecule has 0 bridgehead atoms. The van der Waals surface area contributed by atoms with Gasteiger partial charge in [-0.1, -0.05) is 12.1 Å². The van der Waals surface area contributed by atoms with Gasteiger partial charge in [-0.3, -0.25) is 4.79 Å². The van der Waals surface area contributed by atoms with E-state index in [1.807, 2.05) is 0 Å². The lowest BCUT2D eigenvalue weighted by Crippen LogP contribution is -2.12. The van der Waals surface area contributed by atoms with Crippen LogP contribution in [0, 0.1) is 0 Å². The first-order chi connectivity index (χ1) is 15.2. The lowest BCUT2D eigenvalue weighted by Gasteiger charge is -2.09. The normalized spacial score (nSPS) is 10.8. The Kier molecular flexibility index (Phi) is 6.44. The van der Waals surface area contributed by atoms with Gasteiger partial charge in [-0.2, -0.15) is 10.2 Å². The first-order valence-electron chi connectivity index (χ1n) is 9.13. The molecule has 0 aliphatic carbocycles. The topological polar surface area (TPSA) is 172 Å². The average Bonchev–Trinajstić information content (AvgIpc) is 2.75. The molecule has 0 spiro atoms. The number of aromatic hydroxyl groups is 1. The lowest BCUT2D eigenvalue weighted by atomic mass is 10.1. The minimum Gasteiger partial charge on any atom is -0.507 e. The van der Waals surface area contributed by atoms with E-state index in [9.17, 15) is 24.6 Å². The van der Waals surface area contributed by atoms with E-state index in [0.29, 0.717) is 11.3 Å². The van der Waals surface area contributed by atoms with E-state index in [-0.39, 0.29) is 40.4 Å². The number of rotatable bonds is 7. The highest BCUT2D eigenvalue weighted by atomic mass is 16.5. The third-order valence-corrected chi connectivity index (χ3v) is 4.21. The number of carbonyl (C=O) groups excluding carboxylic acids is 1. The molecule has 0 saturated heterocycles. The fourth-order valence-electron chi connectivity index (χ4n) is 2.68. The molecule has 0 atom stereocenters. The summed E-state index contributed by atoms with van der Waals surface area (Å²) in [6, 6.07) is 14.0. The molecule has 0 aliphatic rings. The number of carboxylic acid groups (broad SMARTS) is 2. The van der Waals surface area contributed by atoms with Crippen molar-refractivity contribution in [1.82, 2.24) is 0 Å². The van der Waals surface area contributed by atoms with Crippen LogP contribution in [0.5, 0.6) is 11.5 Å². The van der Waals surface area contributed by atoms with Gasteiger partial charge < -0.3 is 25.8 Å². The monoisotopic (exact) mass is 435 g/mol. The molecule has 3 aromatic carbocycles. The smallest absolute Gasteiger partial charge is 0.347 e. The van der Waals surface area contributed by atoms with E-state index >= 15 is 0 Å². The van der Waals surface area contributed by atoms with Gasteiger partial charge in [-0.25, -0.2) is 9.59 Å². The van der Waals surface area contributed by atoms with Crippen LogP contribution in [-0.4, -0.2) is 33.2 Å². The predicted octanol–water partition coefficient (Wildman–Crippen LogP) is 3.93. The Morgan fingerprint density at radius 3 is 2.16 bits per heavy atom. The SMILES string of the molecule is Nc1ccc(O)c(C(=O)Oc2ccc(N=Nc3ccc(CC(=O)O)cc3)cc2C(=O)O)c1. The molecule has 0 aliphatic heterocycles. The molecule has 0 aromatic heterocycles. The number of carbonyl (C=O) groups is 3. The molecule has 0 amide bonds. The summed E-state index contributed by atoms with van der Waals surface area (Å²) in [6.07, 6.45) is -0.118. The van der Waals surface area contributed by atoms with Crippen molar-refractivity contribution in [2.45, 2.75) is 6.42 Å². The van der Waals surface area contributed by atoms with Crippen molar-refractivity contribution >= 4 is 35.0 Å². The molecule has 162 valence electrons. The van der Waals surface area contributed by atoms with Crippen molar-refractivity contribution in [3.63, 3.8) is 0 Å². The van der Waals surface area contributed by atoms with Crippen molar-refractivity contribution in [2.24, 2.45) is 10.2 Å². The Labute approximate surface area is 181 Å². The van der Waals surface area contributed by atoms with Crippen molar-refractivity contribution in [3.05, 3.63) is 77.4 Å². The number of azo groups is 1. The van der Waals surface area contributed by atoms with Gasteiger partial charge in [0.25, 0.3) is 0 Å². The maximum atomic E-state index is 12.3. The summed E-state index contributed by atoms with van der Waals surface area (Å²) >= 11 is 0. The quantitative estimate of drug-likeness (QED) is 0.142. The summed E-state index contributed by atoms with van der Waals surface area (Å²) in [5.74, 6) is -3.90. The molecule has 10 nitrogen and oxygen atoms in total. The summed E-state index contributed by atoms with van der Waals surface area (Å²) < 4.78 is 5.14. The lowest BCUT2D eigenvalue weighted by molar-refractivity contribution is -0.136. The number of anilines is 1. The summed E-state index contributed by atoms with van der Waals surface area (Å²) in [6.45, 7) is 0. The molecule has 5 N–H and O–H groups in total. The molecular formula is C22H17N3O7. The maximum Gasteiger partial charge on any atom is 0.347 e. The van der Waals surface area contributed by atoms with E-state index in [2.05, 4.69) is 10.2 Å². The molecule has 0 radical (unpaired) electrons. The second kappa shape index (κ2) is 9.39. The summed E-state index contributed by atoms with van der Waals surface area (Å²) in [5.41, 5.74) is 6.49. The van der Waals surface area contributed by atoms with Crippen molar-refractivity contribution in [2.75, 3.05) is 5.73 Å². The van der Waals surface area contributed by atoms with E-state index < -0.39 is 17.9 Å². The van der Waals surface area contributed by atoms with E-state index in [0.717, 1.165) is 0 Å². The third-order valence-electron chi connectivity index (χ3n) is 4.21. The number of hydrogen-bond donors (Lipinski definition) is 4. The first-order valence-corrected chi connectivity index (χ1v) is 9.13. The number of nitrogens with two attached hydrogens (primary N) is 1. The molecule has 10 heteroatoms. The molecule has 3 aromatic rings. The van der Waals surface area contributed by atoms with Crippen molar-refractivity contribution in [3.8, 4) is 11.5 Å². The van der Waals surface area contributed by atoms with Gasteiger partial charge in [0, 0.05) is 5.69 Å². The number of phenols is 1. The summed E-state index contributed by atoms with van der Waals surface area (Å²) in [7, 11) is 0. The Morgan fingerprint density at radius 1 is 0.844 bits per heavy atom. The third kappa shape index (κ3) is 5.45. The Morgan fingerprint density at radius 2 is 1.50 bits per heavy atom. The average molecular weight is 435 g/mol. The Balaban J connectivity index is 1.80. The van der Waals surface area contributed by atoms with Crippen LogP contribution >= 0.6 is 0 Å². The van der Waals surface area contributed by atoms with Crippen LogP contribution in [0.2, 0.25) is 0 Å². The van der Waals surface area contributed by atoms with E-state index in [1.165, 1.54) is 36.4 Å². The van der Waals surface area contributed by atoms with Crippen LogP contribution in [0.15, 0.2) is 70.9 Å². The molecule has 0 heterocycles. The van der Waals surface area contributed by atoms with E-state index in [1.54, 1.807) is 24.3 Å². The van der Waals surface area contributed by atoms with Crippen LogP contribution in [0.4, 0.5) is 17.1 Å². The molecular weight excluding hydrogens is 418 g/mol. The summed E-state index contributed by atoms with van der Waals surface area (Å²) in [5, 5.41) is 36.0. The number of nitrogens with zero attached hydrogens (tertiary/aromatic N) is 2. The largest absolute Gasteiger partial charge is 0.507 e. The zero-order valence-corrected chi connectivity index (χ0v) is 16.4. The molecule has 0 fully saturated rings. The molecule has 0 saturated carbocycles. The number of phenolic OH excluding ortho intramolecular Hbond substituents is 1. The van der Waals surface area contributed by atoms with Crippen LogP contribution in [0.1, 0.15) is 26.3 Å². The number of esters is 1. The minimum absolute atomic E-state index is 0.118. The number of hydrogen-bond acceptors (Lipinski definition) is 8. The molecule has 3 rings (SSSR count). The Hall–Kier alpha value is -4.73. The van der Waals surface area contributed by atoms with Gasteiger partial charge >= 0.3 is 17.9 Å². The van der Waals surface area contributed by atoms with Gasteiger partial charge in [0.15, 0.2) is 0 Å². The zero-order valence-electron chi connectivity index (χ0n) is 16.4. The van der Waals surface area contributed by atoms with Crippen molar-refractivity contribution < 1.29 is 34.4 Å². The van der Waals surface area contributed by atoms with Gasteiger partial charge in [0.1, 0.15) is 22.6 Å². The second-order valence-corrected chi connectivity index (χ2v) is 6.59. The van der Waals surface area contributed by atoms with E-state index in [4.69, 9.17) is 15.6 Å². The van der Waals surface area contributed by atoms with Crippen LogP contribution in [0.25, 0.3) is 0 Å². The number of ether oxygens (including phenoxy) is 1. The first kappa shape index (κ1) is 22.0. The van der Waals surface area contributed by atoms with Crippen LogP contribution in [0.3, 0.4) is 0 Å². The second-order valence-electron chi connectivity index (χ2n) is 6.59. The fourth-order valence-corrected chi connectivity index (χ4v) is 2.68. The molecule has 32 heavy (non-hydrogen) atoms. The minimum atomic E-state index is -1.36. The summed E-state index contributed by atoms with van der Waals surface area (Å²) in [4.78, 5) is 34.7. The molecule has 0 unspecified atom stereocenters. The predicted molar refractivity (Wildman–Crippen MR) is 113 cm³/mol. The highest BCUT2D eigenvalue weighted by Crippen LogP contribution is 2.28. The standard InChI is InChI=1S/C22H17N3O7/c23-13-3-7-18(26)16(10-13)22(31)32-19-8-6-15(11-17(19)21(29)30)25-24-14-4-1-12(2-5-14)9-20(27)28/h1-8,10-11,26H,9,23H2,(H,27,28)(H,29,30). The fraction of sp³-hybridized carbons (Fsp3) is 0.0455. The van der Waals surface area contributed by atoms with Crippen molar-refractivity contribution in [1.29, 1.82) is 0 Å². The van der Waals surface area contributed by atoms with Crippen LogP contribution < -0.4 is 10.5 Å². The zero-order chi connectivity index (χ0) is 23.3. The maximum absolute atomic E-state index is 12.3. The highest BCUT2D eigenvalue weighted by molar-refractivity contribution is 5.98.